The van der Waals surface area contributed by atoms with Crippen molar-refractivity contribution in [1.82, 2.24) is 5.32 Å². The van der Waals surface area contributed by atoms with E-state index in [-0.39, 0.29) is 0 Å². The summed E-state index contributed by atoms with van der Waals surface area (Å²) in [5.74, 6) is 0. The van der Waals surface area contributed by atoms with Gasteiger partial charge in [0.15, 0.2) is 0 Å². The zero-order valence-electron chi connectivity index (χ0n) is 8.67. The lowest BCUT2D eigenvalue weighted by Crippen LogP contribution is -2.20. The van der Waals surface area contributed by atoms with Gasteiger partial charge >= 0.3 is 0 Å². The van der Waals surface area contributed by atoms with Gasteiger partial charge in [0.25, 0.3) is 0 Å². The third kappa shape index (κ3) is 5.40. The normalized spacial score (nSPS) is 12.7. The van der Waals surface area contributed by atoms with Crippen molar-refractivity contribution in [1.29, 1.82) is 0 Å². The Kier molecular flexibility index (Phi) is 5.88. The molecule has 0 aliphatic rings. The molecule has 0 fully saturated rings. The Hall–Kier alpha value is -0.340. The molecule has 0 saturated heterocycles. The second kappa shape index (κ2) is 7.02. The fourth-order valence-corrected chi connectivity index (χ4v) is 1.53. The van der Waals surface area contributed by atoms with Crippen LogP contribution in [0.2, 0.25) is 0 Å². The molecule has 1 atom stereocenters. The largest absolute Gasteiger partial charge is 0.316 e. The van der Waals surface area contributed by atoms with Gasteiger partial charge in [-0.2, -0.15) is 0 Å². The van der Waals surface area contributed by atoms with Crippen molar-refractivity contribution in [3.8, 4) is 0 Å². The fourth-order valence-electron chi connectivity index (χ4n) is 1.30. The van der Waals surface area contributed by atoms with Crippen LogP contribution < -0.4 is 5.32 Å². The predicted molar refractivity (Wildman–Crippen MR) is 66.0 cm³/mol. The highest BCUT2D eigenvalue weighted by atomic mass is 79.9. The van der Waals surface area contributed by atoms with Gasteiger partial charge in [-0.15, -0.1) is 0 Å². The number of nitrogens with one attached hydrogen (secondary N) is 1. The van der Waals surface area contributed by atoms with Gasteiger partial charge in [0.2, 0.25) is 0 Å². The van der Waals surface area contributed by atoms with E-state index < -0.39 is 0 Å². The number of hydrogen-bond donors (Lipinski definition) is 1. The van der Waals surface area contributed by atoms with E-state index in [0.29, 0.717) is 4.83 Å². The van der Waals surface area contributed by atoms with Gasteiger partial charge in [-0.3, -0.25) is 0 Å². The summed E-state index contributed by atoms with van der Waals surface area (Å²) in [5.41, 5.74) is 1.41. The van der Waals surface area contributed by atoms with Crippen LogP contribution in [-0.4, -0.2) is 17.9 Å². The molecule has 0 bridgehead atoms. The monoisotopic (exact) mass is 255 g/mol. The maximum atomic E-state index is 3.53. The second-order valence-electron chi connectivity index (χ2n) is 3.56. The number of halogens is 1. The van der Waals surface area contributed by atoms with Gasteiger partial charge in [-0.05, 0) is 31.5 Å². The number of rotatable bonds is 6. The second-order valence-corrected chi connectivity index (χ2v) is 5.12. The Labute approximate surface area is 95.0 Å². The van der Waals surface area contributed by atoms with Gasteiger partial charge in [0, 0.05) is 4.83 Å². The fraction of sp³-hybridized carbons (Fsp3) is 0.500. The number of alkyl halides is 1. The van der Waals surface area contributed by atoms with E-state index >= 15 is 0 Å². The SMILES string of the molecule is CC(Br)CCNCCc1ccccc1. The molecule has 1 aromatic rings. The zero-order valence-corrected chi connectivity index (χ0v) is 10.3. The van der Waals surface area contributed by atoms with Crippen molar-refractivity contribution < 1.29 is 0 Å². The van der Waals surface area contributed by atoms with E-state index in [0.717, 1.165) is 19.5 Å². The third-order valence-electron chi connectivity index (χ3n) is 2.15. The lowest BCUT2D eigenvalue weighted by Gasteiger charge is -2.05. The molecule has 14 heavy (non-hydrogen) atoms. The van der Waals surface area contributed by atoms with Crippen LogP contribution in [-0.2, 0) is 6.42 Å². The Balaban J connectivity index is 2.05. The molecule has 1 rings (SSSR count). The maximum Gasteiger partial charge on any atom is 0.0129 e. The minimum Gasteiger partial charge on any atom is -0.316 e. The van der Waals surface area contributed by atoms with Crippen molar-refractivity contribution in [3.63, 3.8) is 0 Å². The van der Waals surface area contributed by atoms with Crippen molar-refractivity contribution >= 4 is 15.9 Å². The van der Waals surface area contributed by atoms with Crippen LogP contribution in [0.3, 0.4) is 0 Å². The average molecular weight is 256 g/mol. The van der Waals surface area contributed by atoms with E-state index in [1.54, 1.807) is 0 Å². The summed E-state index contributed by atoms with van der Waals surface area (Å²) in [4.78, 5) is 0.617. The van der Waals surface area contributed by atoms with Crippen LogP contribution in [0.1, 0.15) is 18.9 Å². The molecule has 0 heterocycles. The van der Waals surface area contributed by atoms with Crippen LogP contribution >= 0.6 is 15.9 Å². The molecule has 1 N–H and O–H groups in total. The van der Waals surface area contributed by atoms with E-state index in [2.05, 4.69) is 58.5 Å². The molecule has 0 radical (unpaired) electrons. The highest BCUT2D eigenvalue weighted by Gasteiger charge is 1.95. The van der Waals surface area contributed by atoms with Gasteiger partial charge in [-0.25, -0.2) is 0 Å². The van der Waals surface area contributed by atoms with Crippen molar-refractivity contribution in [2.24, 2.45) is 0 Å². The van der Waals surface area contributed by atoms with Crippen LogP contribution in [0, 0.1) is 0 Å². The molecule has 0 aromatic heterocycles. The highest BCUT2D eigenvalue weighted by molar-refractivity contribution is 9.09. The van der Waals surface area contributed by atoms with E-state index in [1.807, 2.05) is 0 Å². The third-order valence-corrected chi connectivity index (χ3v) is 2.61. The molecular weight excluding hydrogens is 238 g/mol. The molecule has 1 aromatic carbocycles. The predicted octanol–water partition coefficient (Wildman–Crippen LogP) is 2.99. The van der Waals surface area contributed by atoms with Crippen molar-refractivity contribution in [3.05, 3.63) is 35.9 Å². The lowest BCUT2D eigenvalue weighted by atomic mass is 10.1. The molecule has 2 heteroatoms. The summed E-state index contributed by atoms with van der Waals surface area (Å²) in [6.45, 7) is 4.35. The first kappa shape index (κ1) is 11.7. The highest BCUT2D eigenvalue weighted by Crippen LogP contribution is 2.01. The van der Waals surface area contributed by atoms with E-state index in [4.69, 9.17) is 0 Å². The Bertz CT molecular complexity index is 233. The Morgan fingerprint density at radius 1 is 1.21 bits per heavy atom. The molecular formula is C12H18BrN. The molecule has 0 saturated carbocycles. The van der Waals surface area contributed by atoms with Gasteiger partial charge in [0.05, 0.1) is 0 Å². The van der Waals surface area contributed by atoms with Crippen LogP contribution in [0.25, 0.3) is 0 Å². The van der Waals surface area contributed by atoms with E-state index in [1.165, 1.54) is 12.0 Å². The molecule has 0 amide bonds. The van der Waals surface area contributed by atoms with Crippen molar-refractivity contribution in [2.75, 3.05) is 13.1 Å². The summed E-state index contributed by atoms with van der Waals surface area (Å²) < 4.78 is 0. The molecule has 0 spiro atoms. The summed E-state index contributed by atoms with van der Waals surface area (Å²) in [5, 5.41) is 3.44. The smallest absolute Gasteiger partial charge is 0.0129 e. The Morgan fingerprint density at radius 2 is 1.93 bits per heavy atom. The van der Waals surface area contributed by atoms with Crippen LogP contribution in [0.4, 0.5) is 0 Å². The first-order chi connectivity index (χ1) is 6.79. The van der Waals surface area contributed by atoms with Crippen LogP contribution in [0.15, 0.2) is 30.3 Å². The van der Waals surface area contributed by atoms with Gasteiger partial charge < -0.3 is 5.32 Å². The standard InChI is InChI=1S/C12H18BrN/c1-11(13)7-9-14-10-8-12-5-3-2-4-6-12/h2-6,11,14H,7-10H2,1H3. The van der Waals surface area contributed by atoms with Crippen molar-refractivity contribution in [2.45, 2.75) is 24.6 Å². The van der Waals surface area contributed by atoms with Gasteiger partial charge in [-0.1, -0.05) is 53.2 Å². The first-order valence-corrected chi connectivity index (χ1v) is 6.09. The summed E-state index contributed by atoms with van der Waals surface area (Å²) in [6.07, 6.45) is 2.31. The molecule has 0 aliphatic heterocycles. The summed E-state index contributed by atoms with van der Waals surface area (Å²) in [7, 11) is 0. The summed E-state index contributed by atoms with van der Waals surface area (Å²) in [6, 6.07) is 10.6. The maximum absolute atomic E-state index is 3.53. The molecule has 1 unspecified atom stereocenters. The number of hydrogen-bond acceptors (Lipinski definition) is 1. The molecule has 78 valence electrons. The Morgan fingerprint density at radius 3 is 2.57 bits per heavy atom. The minimum absolute atomic E-state index is 0.617. The molecule has 1 nitrogen and oxygen atoms in total. The summed E-state index contributed by atoms with van der Waals surface area (Å²) >= 11 is 3.53. The molecule has 0 aliphatic carbocycles. The van der Waals surface area contributed by atoms with Gasteiger partial charge in [0.1, 0.15) is 0 Å². The minimum atomic E-state index is 0.617. The quantitative estimate of drug-likeness (QED) is 0.609. The van der Waals surface area contributed by atoms with Crippen LogP contribution in [0.5, 0.6) is 0 Å². The topological polar surface area (TPSA) is 12.0 Å². The lowest BCUT2D eigenvalue weighted by molar-refractivity contribution is 0.649. The number of benzene rings is 1. The van der Waals surface area contributed by atoms with E-state index in [9.17, 15) is 0 Å². The average Bonchev–Trinajstić information content (AvgIpc) is 2.18. The zero-order chi connectivity index (χ0) is 10.2. The first-order valence-electron chi connectivity index (χ1n) is 5.18.